The second-order valence-electron chi connectivity index (χ2n) is 5.21. The van der Waals surface area contributed by atoms with E-state index in [2.05, 4.69) is 19.4 Å². The van der Waals surface area contributed by atoms with Crippen molar-refractivity contribution in [3.63, 3.8) is 0 Å². The molecule has 1 aliphatic heterocycles. The number of hydrogen-bond donors (Lipinski definition) is 0. The van der Waals surface area contributed by atoms with E-state index in [1.807, 2.05) is 12.1 Å². The average Bonchev–Trinajstić information content (AvgIpc) is 2.87. The number of nitrogens with zero attached hydrogens (tertiary/aromatic N) is 3. The summed E-state index contributed by atoms with van der Waals surface area (Å²) in [4.78, 5) is 10.4. The number of para-hydroxylation sites is 1. The van der Waals surface area contributed by atoms with Crippen molar-refractivity contribution in [2.24, 2.45) is 0 Å². The van der Waals surface area contributed by atoms with E-state index in [4.69, 9.17) is 11.6 Å². The fourth-order valence-electron chi connectivity index (χ4n) is 2.43. The molecule has 8 heteroatoms. The molecule has 0 radical (unpaired) electrons. The molecular formula is C16H10ClF2N3O2. The van der Waals surface area contributed by atoms with E-state index >= 15 is 0 Å². The van der Waals surface area contributed by atoms with Gasteiger partial charge in [-0.15, -0.1) is 8.78 Å². The topological polar surface area (TPSA) is 47.5 Å². The van der Waals surface area contributed by atoms with E-state index in [0.29, 0.717) is 22.2 Å². The maximum Gasteiger partial charge on any atom is 0.586 e. The summed E-state index contributed by atoms with van der Waals surface area (Å²) in [5.41, 5.74) is 1.18. The standard InChI is InChI=1S/C16H10ClF2N3O2/c1-22(10-5-6-12-13(7-10)24-16(18,19)23-12)15-20-8-9-3-2-4-11(17)14(9)21-15/h2-8H,1H3. The molecule has 1 aliphatic rings. The zero-order valence-corrected chi connectivity index (χ0v) is 13.1. The number of anilines is 2. The molecule has 0 aliphatic carbocycles. The third-order valence-electron chi connectivity index (χ3n) is 3.62. The van der Waals surface area contributed by atoms with Gasteiger partial charge in [-0.3, -0.25) is 0 Å². The number of ether oxygens (including phenoxy) is 2. The van der Waals surface area contributed by atoms with Crippen LogP contribution in [0.4, 0.5) is 20.4 Å². The molecule has 0 amide bonds. The highest BCUT2D eigenvalue weighted by molar-refractivity contribution is 6.35. The Bertz CT molecular complexity index is 952. The van der Waals surface area contributed by atoms with Gasteiger partial charge in [0.15, 0.2) is 11.5 Å². The molecule has 0 saturated carbocycles. The van der Waals surface area contributed by atoms with E-state index in [1.54, 1.807) is 30.3 Å². The minimum absolute atomic E-state index is 0.0142. The first-order chi connectivity index (χ1) is 11.4. The van der Waals surface area contributed by atoms with Gasteiger partial charge in [-0.1, -0.05) is 23.7 Å². The van der Waals surface area contributed by atoms with Crippen molar-refractivity contribution >= 4 is 34.1 Å². The summed E-state index contributed by atoms with van der Waals surface area (Å²) in [5, 5.41) is 1.32. The molecule has 0 unspecified atom stereocenters. The molecule has 3 aromatic rings. The molecule has 0 N–H and O–H groups in total. The van der Waals surface area contributed by atoms with Crippen LogP contribution in [-0.4, -0.2) is 23.3 Å². The van der Waals surface area contributed by atoms with Crippen LogP contribution in [0.5, 0.6) is 11.5 Å². The van der Waals surface area contributed by atoms with Crippen molar-refractivity contribution in [2.75, 3.05) is 11.9 Å². The normalized spacial score (nSPS) is 14.8. The first-order valence-corrected chi connectivity index (χ1v) is 7.36. The fraction of sp³-hybridized carbons (Fsp3) is 0.125. The quantitative estimate of drug-likeness (QED) is 0.687. The third kappa shape index (κ3) is 2.46. The minimum atomic E-state index is -3.65. The molecule has 0 saturated heterocycles. The van der Waals surface area contributed by atoms with Crippen LogP contribution in [0.1, 0.15) is 0 Å². The van der Waals surface area contributed by atoms with Crippen LogP contribution >= 0.6 is 11.6 Å². The number of alkyl halides is 2. The molecule has 0 atom stereocenters. The lowest BCUT2D eigenvalue weighted by atomic mass is 10.2. The molecule has 2 aromatic carbocycles. The van der Waals surface area contributed by atoms with Crippen molar-refractivity contribution in [3.05, 3.63) is 47.6 Å². The van der Waals surface area contributed by atoms with Gasteiger partial charge in [0.1, 0.15) is 0 Å². The highest BCUT2D eigenvalue weighted by atomic mass is 35.5. The fourth-order valence-corrected chi connectivity index (χ4v) is 2.66. The van der Waals surface area contributed by atoms with Crippen LogP contribution < -0.4 is 14.4 Å². The Balaban J connectivity index is 1.72. The molecule has 24 heavy (non-hydrogen) atoms. The minimum Gasteiger partial charge on any atom is -0.395 e. The van der Waals surface area contributed by atoms with E-state index in [1.165, 1.54) is 12.1 Å². The van der Waals surface area contributed by atoms with Crippen LogP contribution in [0.3, 0.4) is 0 Å². The van der Waals surface area contributed by atoms with Gasteiger partial charge in [0.05, 0.1) is 10.5 Å². The summed E-state index contributed by atoms with van der Waals surface area (Å²) in [6.07, 6.45) is -1.99. The van der Waals surface area contributed by atoms with Gasteiger partial charge < -0.3 is 14.4 Å². The lowest BCUT2D eigenvalue weighted by Crippen LogP contribution is -2.25. The van der Waals surface area contributed by atoms with Gasteiger partial charge in [-0.05, 0) is 18.2 Å². The Kier molecular flexibility index (Phi) is 3.21. The smallest absolute Gasteiger partial charge is 0.395 e. The lowest BCUT2D eigenvalue weighted by molar-refractivity contribution is -0.286. The Morgan fingerprint density at radius 1 is 1.12 bits per heavy atom. The summed E-state index contributed by atoms with van der Waals surface area (Å²) >= 11 is 6.16. The third-order valence-corrected chi connectivity index (χ3v) is 3.93. The molecule has 0 spiro atoms. The maximum atomic E-state index is 13.1. The SMILES string of the molecule is CN(c1ccc2c(c1)OC(F)(F)O2)c1ncc2cccc(Cl)c2n1. The monoisotopic (exact) mass is 349 g/mol. The van der Waals surface area contributed by atoms with Crippen LogP contribution in [0.25, 0.3) is 10.9 Å². The van der Waals surface area contributed by atoms with Crippen LogP contribution in [0.15, 0.2) is 42.6 Å². The average molecular weight is 350 g/mol. The first kappa shape index (κ1) is 14.9. The Hall–Kier alpha value is -2.67. The Labute approximate surface area is 140 Å². The van der Waals surface area contributed by atoms with Gasteiger partial charge in [0, 0.05) is 30.4 Å². The van der Waals surface area contributed by atoms with Crippen LogP contribution in [0.2, 0.25) is 5.02 Å². The van der Waals surface area contributed by atoms with Crippen LogP contribution in [-0.2, 0) is 0 Å². The molecule has 5 nitrogen and oxygen atoms in total. The van der Waals surface area contributed by atoms with E-state index in [-0.39, 0.29) is 11.5 Å². The molecule has 0 fully saturated rings. The molecule has 4 rings (SSSR count). The number of fused-ring (bicyclic) bond motifs is 2. The highest BCUT2D eigenvalue weighted by Crippen LogP contribution is 2.43. The van der Waals surface area contributed by atoms with Crippen molar-refractivity contribution in [1.29, 1.82) is 0 Å². The second-order valence-corrected chi connectivity index (χ2v) is 5.61. The van der Waals surface area contributed by atoms with Gasteiger partial charge in [0.2, 0.25) is 5.95 Å². The van der Waals surface area contributed by atoms with Crippen molar-refractivity contribution in [1.82, 2.24) is 9.97 Å². The predicted octanol–water partition coefficient (Wildman–Crippen LogP) is 4.37. The molecular weight excluding hydrogens is 340 g/mol. The van der Waals surface area contributed by atoms with Gasteiger partial charge >= 0.3 is 6.29 Å². The Morgan fingerprint density at radius 3 is 2.75 bits per heavy atom. The zero-order chi connectivity index (χ0) is 16.9. The molecule has 2 heterocycles. The molecule has 1 aromatic heterocycles. The summed E-state index contributed by atoms with van der Waals surface area (Å²) in [6.45, 7) is 0. The van der Waals surface area contributed by atoms with Crippen LogP contribution in [0, 0.1) is 0 Å². The van der Waals surface area contributed by atoms with Crippen molar-refractivity contribution in [3.8, 4) is 11.5 Å². The number of aromatic nitrogens is 2. The highest BCUT2D eigenvalue weighted by Gasteiger charge is 2.43. The zero-order valence-electron chi connectivity index (χ0n) is 12.3. The van der Waals surface area contributed by atoms with Crippen molar-refractivity contribution < 1.29 is 18.3 Å². The number of halogens is 3. The second kappa shape index (κ2) is 5.17. The summed E-state index contributed by atoms with van der Waals surface area (Å²) in [7, 11) is 1.72. The number of rotatable bonds is 2. The van der Waals surface area contributed by atoms with E-state index in [0.717, 1.165) is 5.39 Å². The summed E-state index contributed by atoms with van der Waals surface area (Å²) < 4.78 is 35.1. The summed E-state index contributed by atoms with van der Waals surface area (Å²) in [6, 6.07) is 9.88. The summed E-state index contributed by atoms with van der Waals surface area (Å²) in [5.74, 6) is 0.323. The number of benzene rings is 2. The number of hydrogen-bond acceptors (Lipinski definition) is 5. The van der Waals surface area contributed by atoms with Gasteiger partial charge in [-0.2, -0.15) is 0 Å². The Morgan fingerprint density at radius 2 is 1.92 bits per heavy atom. The largest absolute Gasteiger partial charge is 0.586 e. The maximum absolute atomic E-state index is 13.1. The lowest BCUT2D eigenvalue weighted by Gasteiger charge is -2.17. The predicted molar refractivity (Wildman–Crippen MR) is 85.3 cm³/mol. The van der Waals surface area contributed by atoms with Crippen molar-refractivity contribution in [2.45, 2.75) is 6.29 Å². The first-order valence-electron chi connectivity index (χ1n) is 6.98. The molecule has 0 bridgehead atoms. The van der Waals surface area contributed by atoms with E-state index < -0.39 is 6.29 Å². The van der Waals surface area contributed by atoms with Gasteiger partial charge in [0.25, 0.3) is 0 Å². The van der Waals surface area contributed by atoms with E-state index in [9.17, 15) is 8.78 Å². The molecule has 122 valence electrons. The van der Waals surface area contributed by atoms with Gasteiger partial charge in [-0.25, -0.2) is 9.97 Å².